The number of hydrogen-bond acceptors (Lipinski definition) is 2. The van der Waals surface area contributed by atoms with Gasteiger partial charge in [-0.3, -0.25) is 0 Å². The highest BCUT2D eigenvalue weighted by Gasteiger charge is 2.22. The monoisotopic (exact) mass is 329 g/mol. The van der Waals surface area contributed by atoms with Gasteiger partial charge in [-0.1, -0.05) is 35.9 Å². The molecule has 1 unspecified atom stereocenters. The normalized spacial score (nSPS) is 19.6. The van der Waals surface area contributed by atoms with E-state index in [2.05, 4.69) is 64.9 Å². The van der Waals surface area contributed by atoms with Crippen molar-refractivity contribution in [3.8, 4) is 0 Å². The highest BCUT2D eigenvalue weighted by atomic mass is 15.3. The van der Waals surface area contributed by atoms with Gasteiger partial charge in [0.15, 0.2) is 0 Å². The molecule has 0 saturated heterocycles. The standard InChI is InChI=1S/C22H23N3/c1-14-6-8-15(9-7-14)21-13-22(25-24-21)16-10-11-20-18(12-16)17-4-2-3-5-19(17)23-20/h6-12,21,23-24H,2-5,13H2,1H3. The lowest BCUT2D eigenvalue weighted by atomic mass is 9.93. The lowest BCUT2D eigenvalue weighted by Gasteiger charge is -2.11. The molecule has 0 saturated carbocycles. The van der Waals surface area contributed by atoms with E-state index in [0.717, 1.165) is 6.42 Å². The third-order valence-electron chi connectivity index (χ3n) is 5.66. The molecule has 5 rings (SSSR count). The minimum absolute atomic E-state index is 0.284. The molecule has 1 aliphatic heterocycles. The van der Waals surface area contributed by atoms with Crippen LogP contribution in [0.5, 0.6) is 0 Å². The summed E-state index contributed by atoms with van der Waals surface area (Å²) in [5.41, 5.74) is 12.6. The van der Waals surface area contributed by atoms with E-state index in [0.29, 0.717) is 0 Å². The third kappa shape index (κ3) is 2.55. The van der Waals surface area contributed by atoms with E-state index in [9.17, 15) is 0 Å². The van der Waals surface area contributed by atoms with Gasteiger partial charge in [0.25, 0.3) is 0 Å². The van der Waals surface area contributed by atoms with E-state index in [-0.39, 0.29) is 6.04 Å². The number of hydrogen-bond donors (Lipinski definition) is 2. The molecule has 0 spiro atoms. The van der Waals surface area contributed by atoms with Crippen LogP contribution < -0.4 is 5.43 Å². The van der Waals surface area contributed by atoms with Crippen molar-refractivity contribution in [3.05, 3.63) is 70.4 Å². The van der Waals surface area contributed by atoms with Crippen molar-refractivity contribution in [1.29, 1.82) is 0 Å². The van der Waals surface area contributed by atoms with Gasteiger partial charge in [0.05, 0.1) is 11.8 Å². The Balaban J connectivity index is 1.44. The molecule has 0 amide bonds. The number of hydrazone groups is 1. The first-order valence-electron chi connectivity index (χ1n) is 9.30. The number of benzene rings is 2. The summed E-state index contributed by atoms with van der Waals surface area (Å²) in [4.78, 5) is 3.62. The fourth-order valence-corrected chi connectivity index (χ4v) is 4.20. The van der Waals surface area contributed by atoms with Crippen molar-refractivity contribution in [1.82, 2.24) is 10.4 Å². The Hall–Kier alpha value is -2.55. The summed E-state index contributed by atoms with van der Waals surface area (Å²) in [6, 6.07) is 15.8. The zero-order chi connectivity index (χ0) is 16.8. The highest BCUT2D eigenvalue weighted by molar-refractivity contribution is 6.04. The molecule has 2 aliphatic rings. The third-order valence-corrected chi connectivity index (χ3v) is 5.66. The molecule has 25 heavy (non-hydrogen) atoms. The van der Waals surface area contributed by atoms with Crippen LogP contribution >= 0.6 is 0 Å². The predicted octanol–water partition coefficient (Wildman–Crippen LogP) is 4.79. The van der Waals surface area contributed by atoms with Gasteiger partial charge in [0.1, 0.15) is 0 Å². The van der Waals surface area contributed by atoms with Crippen molar-refractivity contribution in [2.24, 2.45) is 5.10 Å². The molecule has 1 aromatic heterocycles. The van der Waals surface area contributed by atoms with Gasteiger partial charge >= 0.3 is 0 Å². The minimum atomic E-state index is 0.284. The molecule has 126 valence electrons. The number of H-pyrrole nitrogens is 1. The maximum Gasteiger partial charge on any atom is 0.0745 e. The van der Waals surface area contributed by atoms with E-state index in [4.69, 9.17) is 0 Å². The second-order valence-electron chi connectivity index (χ2n) is 7.40. The number of aromatic amines is 1. The average molecular weight is 329 g/mol. The fourth-order valence-electron chi connectivity index (χ4n) is 4.20. The molecule has 2 heterocycles. The Morgan fingerprint density at radius 2 is 1.84 bits per heavy atom. The van der Waals surface area contributed by atoms with Crippen LogP contribution in [0.1, 0.15) is 53.3 Å². The minimum Gasteiger partial charge on any atom is -0.358 e. The van der Waals surface area contributed by atoms with Crippen LogP contribution in [0.2, 0.25) is 0 Å². The molecule has 2 aromatic carbocycles. The SMILES string of the molecule is Cc1ccc(C2CC(c3ccc4[nH]c5c(c4c3)CCCC5)=NN2)cc1. The molecular weight excluding hydrogens is 306 g/mol. The molecule has 3 nitrogen and oxygen atoms in total. The molecule has 1 aliphatic carbocycles. The lowest BCUT2D eigenvalue weighted by molar-refractivity contribution is 0.620. The zero-order valence-electron chi connectivity index (χ0n) is 14.6. The molecule has 1 atom stereocenters. The van der Waals surface area contributed by atoms with E-state index in [1.807, 2.05) is 0 Å². The molecule has 0 fully saturated rings. The van der Waals surface area contributed by atoms with Gasteiger partial charge in [-0.05, 0) is 61.4 Å². The van der Waals surface area contributed by atoms with Crippen LogP contribution in [0.25, 0.3) is 10.9 Å². The first kappa shape index (κ1) is 14.8. The van der Waals surface area contributed by atoms with Gasteiger partial charge in [0, 0.05) is 23.0 Å². The zero-order valence-corrected chi connectivity index (χ0v) is 14.6. The second-order valence-corrected chi connectivity index (χ2v) is 7.40. The summed E-state index contributed by atoms with van der Waals surface area (Å²) in [7, 11) is 0. The van der Waals surface area contributed by atoms with Crippen LogP contribution in [0.3, 0.4) is 0 Å². The van der Waals surface area contributed by atoms with Crippen molar-refractivity contribution in [2.45, 2.75) is 45.1 Å². The molecule has 0 bridgehead atoms. The first-order chi connectivity index (χ1) is 12.3. The summed E-state index contributed by atoms with van der Waals surface area (Å²) in [5.74, 6) is 0. The van der Waals surface area contributed by atoms with Crippen LogP contribution in [-0.4, -0.2) is 10.7 Å². The van der Waals surface area contributed by atoms with E-state index in [1.165, 1.54) is 70.2 Å². The Labute approximate surface area is 148 Å². The Morgan fingerprint density at radius 1 is 1.00 bits per heavy atom. The average Bonchev–Trinajstić information content (AvgIpc) is 3.26. The molecule has 2 N–H and O–H groups in total. The van der Waals surface area contributed by atoms with Crippen molar-refractivity contribution < 1.29 is 0 Å². The molecule has 3 aromatic rings. The van der Waals surface area contributed by atoms with Crippen LogP contribution in [0.4, 0.5) is 0 Å². The Morgan fingerprint density at radius 3 is 2.72 bits per heavy atom. The largest absolute Gasteiger partial charge is 0.358 e. The number of fused-ring (bicyclic) bond motifs is 3. The maximum absolute atomic E-state index is 4.65. The van der Waals surface area contributed by atoms with E-state index >= 15 is 0 Å². The smallest absolute Gasteiger partial charge is 0.0745 e. The van der Waals surface area contributed by atoms with Crippen molar-refractivity contribution in [2.75, 3.05) is 0 Å². The van der Waals surface area contributed by atoms with Crippen LogP contribution in [0.15, 0.2) is 47.6 Å². The van der Waals surface area contributed by atoms with E-state index < -0.39 is 0 Å². The number of nitrogens with one attached hydrogen (secondary N) is 2. The molecular formula is C22H23N3. The summed E-state index contributed by atoms with van der Waals surface area (Å²) in [5, 5.41) is 6.04. The van der Waals surface area contributed by atoms with E-state index in [1.54, 1.807) is 0 Å². The second kappa shape index (κ2) is 5.76. The topological polar surface area (TPSA) is 40.2 Å². The fraction of sp³-hybridized carbons (Fsp3) is 0.318. The van der Waals surface area contributed by atoms with Crippen LogP contribution in [-0.2, 0) is 12.8 Å². The van der Waals surface area contributed by atoms with Gasteiger partial charge in [-0.2, -0.15) is 5.10 Å². The van der Waals surface area contributed by atoms with Crippen molar-refractivity contribution in [3.63, 3.8) is 0 Å². The van der Waals surface area contributed by atoms with Gasteiger partial charge in [-0.25, -0.2) is 0 Å². The number of rotatable bonds is 2. The first-order valence-corrected chi connectivity index (χ1v) is 9.30. The molecule has 3 heteroatoms. The Kier molecular flexibility index (Phi) is 3.40. The quantitative estimate of drug-likeness (QED) is 0.697. The van der Waals surface area contributed by atoms with Gasteiger partial charge in [-0.15, -0.1) is 0 Å². The number of aromatic nitrogens is 1. The lowest BCUT2D eigenvalue weighted by Crippen LogP contribution is -2.09. The summed E-state index contributed by atoms with van der Waals surface area (Å²) >= 11 is 0. The van der Waals surface area contributed by atoms with Crippen molar-refractivity contribution >= 4 is 16.6 Å². The van der Waals surface area contributed by atoms with Crippen LogP contribution in [0, 0.1) is 6.92 Å². The predicted molar refractivity (Wildman–Crippen MR) is 103 cm³/mol. The maximum atomic E-state index is 4.65. The van der Waals surface area contributed by atoms with Gasteiger partial charge in [0.2, 0.25) is 0 Å². The molecule has 0 radical (unpaired) electrons. The number of aryl methyl sites for hydroxylation is 3. The highest BCUT2D eigenvalue weighted by Crippen LogP contribution is 2.31. The Bertz CT molecular complexity index is 963. The number of nitrogens with zero attached hydrogens (tertiary/aromatic N) is 1. The summed E-state index contributed by atoms with van der Waals surface area (Å²) in [6.07, 6.45) is 5.96. The summed E-state index contributed by atoms with van der Waals surface area (Å²) in [6.45, 7) is 2.13. The summed E-state index contributed by atoms with van der Waals surface area (Å²) < 4.78 is 0. The van der Waals surface area contributed by atoms with Gasteiger partial charge < -0.3 is 10.4 Å².